The Labute approximate surface area is 104 Å². The molecule has 84 valence electrons. The molecule has 0 aliphatic carbocycles. The summed E-state index contributed by atoms with van der Waals surface area (Å²) in [6, 6.07) is 4.54. The number of benzene rings is 1. The molecule has 0 amide bonds. The van der Waals surface area contributed by atoms with Crippen molar-refractivity contribution in [2.75, 3.05) is 5.33 Å². The van der Waals surface area contributed by atoms with E-state index in [9.17, 15) is 4.39 Å². The van der Waals surface area contributed by atoms with Gasteiger partial charge in [0.25, 0.3) is 0 Å². The van der Waals surface area contributed by atoms with Gasteiger partial charge in [-0.15, -0.1) is 0 Å². The van der Waals surface area contributed by atoms with Gasteiger partial charge in [0.05, 0.1) is 0 Å². The number of halogens is 3. The maximum absolute atomic E-state index is 13.0. The summed E-state index contributed by atoms with van der Waals surface area (Å²) in [7, 11) is 0. The summed E-state index contributed by atoms with van der Waals surface area (Å²) >= 11 is 9.50. The highest BCUT2D eigenvalue weighted by molar-refractivity contribution is 9.09. The lowest BCUT2D eigenvalue weighted by Crippen LogP contribution is -2.13. The fourth-order valence-electron chi connectivity index (χ4n) is 1.45. The zero-order valence-electron chi connectivity index (χ0n) is 8.93. The lowest BCUT2D eigenvalue weighted by molar-refractivity contribution is 0.426. The Bertz CT molecular complexity index is 325. The predicted octanol–water partition coefficient (Wildman–Crippen LogP) is 4.69. The van der Waals surface area contributed by atoms with Gasteiger partial charge in [0.1, 0.15) is 5.82 Å². The van der Waals surface area contributed by atoms with E-state index < -0.39 is 0 Å². The lowest BCUT2D eigenvalue weighted by Gasteiger charge is -2.18. The van der Waals surface area contributed by atoms with E-state index >= 15 is 0 Å². The first kappa shape index (κ1) is 13.0. The molecule has 1 atom stereocenters. The van der Waals surface area contributed by atoms with Gasteiger partial charge in [-0.2, -0.15) is 0 Å². The Morgan fingerprint density at radius 3 is 2.60 bits per heavy atom. The van der Waals surface area contributed by atoms with Crippen molar-refractivity contribution >= 4 is 27.5 Å². The zero-order valence-corrected chi connectivity index (χ0v) is 11.3. The summed E-state index contributed by atoms with van der Waals surface area (Å²) in [5.41, 5.74) is 0.898. The van der Waals surface area contributed by atoms with E-state index in [1.807, 2.05) is 0 Å². The molecule has 0 spiro atoms. The maximum atomic E-state index is 13.0. The summed E-state index contributed by atoms with van der Waals surface area (Å²) in [6.45, 7) is 4.33. The topological polar surface area (TPSA) is 0 Å². The largest absolute Gasteiger partial charge is 0.207 e. The first-order chi connectivity index (χ1) is 7.04. The Hall–Kier alpha value is -0.0800. The van der Waals surface area contributed by atoms with Crippen LogP contribution in [0.2, 0.25) is 5.02 Å². The van der Waals surface area contributed by atoms with Crippen LogP contribution in [0, 0.1) is 17.7 Å². The standard InChI is InChI=1S/C12H15BrClF/c1-8(2)10(7-13)5-9-6-11(15)3-4-12(9)14/h3-4,6,8,10H,5,7H2,1-2H3. The normalized spacial score (nSPS) is 13.2. The van der Waals surface area contributed by atoms with Gasteiger partial charge < -0.3 is 0 Å². The molecular weight excluding hydrogens is 278 g/mol. The van der Waals surface area contributed by atoms with Gasteiger partial charge in [0.2, 0.25) is 0 Å². The molecule has 1 aromatic rings. The van der Waals surface area contributed by atoms with Crippen molar-refractivity contribution in [3.8, 4) is 0 Å². The van der Waals surface area contributed by atoms with Gasteiger partial charge in [-0.25, -0.2) is 4.39 Å². The highest BCUT2D eigenvalue weighted by atomic mass is 79.9. The van der Waals surface area contributed by atoms with Crippen molar-refractivity contribution in [1.82, 2.24) is 0 Å². The second kappa shape index (κ2) is 5.86. The highest BCUT2D eigenvalue weighted by Crippen LogP contribution is 2.24. The maximum Gasteiger partial charge on any atom is 0.123 e. The minimum absolute atomic E-state index is 0.216. The number of rotatable bonds is 4. The molecule has 3 heteroatoms. The van der Waals surface area contributed by atoms with Gasteiger partial charge in [-0.3, -0.25) is 0 Å². The molecule has 0 saturated heterocycles. The molecule has 0 aromatic heterocycles. The van der Waals surface area contributed by atoms with E-state index in [0.717, 1.165) is 17.3 Å². The smallest absolute Gasteiger partial charge is 0.123 e. The van der Waals surface area contributed by atoms with Crippen LogP contribution in [0.4, 0.5) is 4.39 Å². The first-order valence-corrected chi connectivity index (χ1v) is 6.54. The van der Waals surface area contributed by atoms with Crippen LogP contribution in [0.1, 0.15) is 19.4 Å². The third-order valence-corrected chi connectivity index (χ3v) is 3.83. The number of hydrogen-bond acceptors (Lipinski definition) is 0. The van der Waals surface area contributed by atoms with Crippen LogP contribution in [-0.2, 0) is 6.42 Å². The van der Waals surface area contributed by atoms with E-state index in [-0.39, 0.29) is 5.82 Å². The minimum Gasteiger partial charge on any atom is -0.207 e. The second-order valence-corrected chi connectivity index (χ2v) is 5.15. The Kier molecular flexibility index (Phi) is 5.07. The third kappa shape index (κ3) is 3.76. The second-order valence-electron chi connectivity index (χ2n) is 4.10. The summed E-state index contributed by atoms with van der Waals surface area (Å²) in [4.78, 5) is 0. The Balaban J connectivity index is 2.82. The molecule has 0 heterocycles. The lowest BCUT2D eigenvalue weighted by atomic mass is 9.91. The van der Waals surface area contributed by atoms with Gasteiger partial charge in [-0.1, -0.05) is 41.4 Å². The van der Waals surface area contributed by atoms with Crippen molar-refractivity contribution in [2.24, 2.45) is 11.8 Å². The van der Waals surface area contributed by atoms with Crippen LogP contribution in [0.15, 0.2) is 18.2 Å². The molecule has 0 aliphatic heterocycles. The summed E-state index contributed by atoms with van der Waals surface area (Å²) in [5, 5.41) is 1.57. The van der Waals surface area contributed by atoms with Crippen molar-refractivity contribution in [3.63, 3.8) is 0 Å². The molecule has 0 fully saturated rings. The third-order valence-electron chi connectivity index (χ3n) is 2.63. The first-order valence-electron chi connectivity index (χ1n) is 5.04. The number of hydrogen-bond donors (Lipinski definition) is 0. The van der Waals surface area contributed by atoms with E-state index in [4.69, 9.17) is 11.6 Å². The average Bonchev–Trinajstić information content (AvgIpc) is 2.18. The van der Waals surface area contributed by atoms with E-state index in [1.54, 1.807) is 6.07 Å². The van der Waals surface area contributed by atoms with Gasteiger partial charge in [-0.05, 0) is 42.0 Å². The van der Waals surface area contributed by atoms with Crippen molar-refractivity contribution in [2.45, 2.75) is 20.3 Å². The van der Waals surface area contributed by atoms with Crippen LogP contribution in [-0.4, -0.2) is 5.33 Å². The molecule has 1 unspecified atom stereocenters. The molecule has 15 heavy (non-hydrogen) atoms. The van der Waals surface area contributed by atoms with Gasteiger partial charge in [0, 0.05) is 10.4 Å². The highest BCUT2D eigenvalue weighted by Gasteiger charge is 2.14. The molecule has 0 nitrogen and oxygen atoms in total. The molecule has 0 radical (unpaired) electrons. The Morgan fingerprint density at radius 1 is 1.40 bits per heavy atom. The van der Waals surface area contributed by atoms with Crippen LogP contribution < -0.4 is 0 Å². The molecular formula is C12H15BrClF. The van der Waals surface area contributed by atoms with Gasteiger partial charge in [0.15, 0.2) is 0 Å². The molecule has 1 aromatic carbocycles. The van der Waals surface area contributed by atoms with E-state index in [1.165, 1.54) is 12.1 Å². The molecule has 0 N–H and O–H groups in total. The Morgan fingerprint density at radius 2 is 2.07 bits per heavy atom. The van der Waals surface area contributed by atoms with Crippen LogP contribution in [0.25, 0.3) is 0 Å². The van der Waals surface area contributed by atoms with Gasteiger partial charge >= 0.3 is 0 Å². The van der Waals surface area contributed by atoms with Crippen molar-refractivity contribution in [3.05, 3.63) is 34.6 Å². The average molecular weight is 294 g/mol. The summed E-state index contributed by atoms with van der Waals surface area (Å²) in [6.07, 6.45) is 0.819. The fourth-order valence-corrected chi connectivity index (χ4v) is 2.62. The molecule has 0 aliphatic rings. The van der Waals surface area contributed by atoms with E-state index in [2.05, 4.69) is 29.8 Å². The van der Waals surface area contributed by atoms with Crippen LogP contribution >= 0.6 is 27.5 Å². The van der Waals surface area contributed by atoms with Crippen LogP contribution in [0.5, 0.6) is 0 Å². The van der Waals surface area contributed by atoms with Crippen molar-refractivity contribution in [1.29, 1.82) is 0 Å². The monoisotopic (exact) mass is 292 g/mol. The SMILES string of the molecule is CC(C)C(CBr)Cc1cc(F)ccc1Cl. The molecule has 0 saturated carbocycles. The fraction of sp³-hybridized carbons (Fsp3) is 0.500. The summed E-state index contributed by atoms with van der Waals surface area (Å²) in [5.74, 6) is 0.833. The van der Waals surface area contributed by atoms with E-state index in [0.29, 0.717) is 16.9 Å². The molecule has 1 rings (SSSR count). The van der Waals surface area contributed by atoms with Crippen molar-refractivity contribution < 1.29 is 4.39 Å². The quantitative estimate of drug-likeness (QED) is 0.707. The number of alkyl halides is 1. The van der Waals surface area contributed by atoms with Crippen LogP contribution in [0.3, 0.4) is 0 Å². The predicted molar refractivity (Wildman–Crippen MR) is 67.2 cm³/mol. The molecule has 0 bridgehead atoms. The zero-order chi connectivity index (χ0) is 11.4. The summed E-state index contributed by atoms with van der Waals surface area (Å²) < 4.78 is 13.0. The minimum atomic E-state index is -0.216.